The van der Waals surface area contributed by atoms with E-state index >= 15 is 0 Å². The first-order valence-corrected chi connectivity index (χ1v) is 6.31. The molecule has 1 aromatic rings. The van der Waals surface area contributed by atoms with Crippen molar-refractivity contribution in [3.63, 3.8) is 0 Å². The molecule has 1 nitrogen and oxygen atoms in total. The first kappa shape index (κ1) is 11.3. The second kappa shape index (κ2) is 3.67. The van der Waals surface area contributed by atoms with Gasteiger partial charge in [-0.05, 0) is 38.5 Å². The molecule has 0 fully saturated rings. The predicted molar refractivity (Wildman–Crippen MR) is 67.2 cm³/mol. The summed E-state index contributed by atoms with van der Waals surface area (Å²) in [7, 11) is 0. The SMILES string of the molecule is Cc1cc2c(cc1Cl)C(Br)CC(C)(C)O2. The van der Waals surface area contributed by atoms with E-state index in [9.17, 15) is 0 Å². The van der Waals surface area contributed by atoms with Crippen molar-refractivity contribution in [1.82, 2.24) is 0 Å². The molecule has 0 saturated carbocycles. The summed E-state index contributed by atoms with van der Waals surface area (Å²) in [4.78, 5) is 0.328. The smallest absolute Gasteiger partial charge is 0.124 e. The van der Waals surface area contributed by atoms with E-state index in [1.54, 1.807) is 0 Å². The lowest BCUT2D eigenvalue weighted by atomic mass is 9.93. The van der Waals surface area contributed by atoms with Crippen LogP contribution in [0.4, 0.5) is 0 Å². The van der Waals surface area contributed by atoms with Gasteiger partial charge in [0.1, 0.15) is 11.4 Å². The maximum absolute atomic E-state index is 6.11. The number of hydrogen-bond acceptors (Lipinski definition) is 1. The molecule has 2 rings (SSSR count). The zero-order valence-electron chi connectivity index (χ0n) is 9.10. The van der Waals surface area contributed by atoms with Gasteiger partial charge in [0.25, 0.3) is 0 Å². The fourth-order valence-corrected chi connectivity index (χ4v) is 3.19. The molecule has 1 atom stereocenters. The Bertz CT molecular complexity index is 401. The Morgan fingerprint density at radius 3 is 2.80 bits per heavy atom. The van der Waals surface area contributed by atoms with E-state index in [1.165, 1.54) is 0 Å². The van der Waals surface area contributed by atoms with Gasteiger partial charge in [0.05, 0.1) is 0 Å². The van der Waals surface area contributed by atoms with Crippen LogP contribution in [-0.4, -0.2) is 5.60 Å². The average molecular weight is 290 g/mol. The average Bonchev–Trinajstić information content (AvgIpc) is 2.07. The molecule has 3 heteroatoms. The Morgan fingerprint density at radius 2 is 2.13 bits per heavy atom. The standard InChI is InChI=1S/C12H14BrClO/c1-7-4-11-8(5-10(7)14)9(13)6-12(2,3)15-11/h4-5,9H,6H2,1-3H3. The third-order valence-corrected chi connectivity index (χ3v) is 3.91. The van der Waals surface area contributed by atoms with E-state index in [4.69, 9.17) is 16.3 Å². The van der Waals surface area contributed by atoms with Gasteiger partial charge in [0.15, 0.2) is 0 Å². The second-order valence-corrected chi connectivity index (χ2v) is 6.19. The van der Waals surface area contributed by atoms with E-state index in [0.717, 1.165) is 28.3 Å². The zero-order chi connectivity index (χ0) is 11.2. The Morgan fingerprint density at radius 1 is 1.47 bits per heavy atom. The number of ether oxygens (including phenoxy) is 1. The van der Waals surface area contributed by atoms with Crippen molar-refractivity contribution in [1.29, 1.82) is 0 Å². The topological polar surface area (TPSA) is 9.23 Å². The molecule has 0 amide bonds. The first-order chi connectivity index (χ1) is 6.89. The van der Waals surface area contributed by atoms with Crippen LogP contribution >= 0.6 is 27.5 Å². The number of fused-ring (bicyclic) bond motifs is 1. The fourth-order valence-electron chi connectivity index (χ4n) is 1.88. The van der Waals surface area contributed by atoms with Crippen LogP contribution in [0.5, 0.6) is 5.75 Å². The molecule has 1 aromatic carbocycles. The normalized spacial score (nSPS) is 23.1. The van der Waals surface area contributed by atoms with Gasteiger partial charge in [-0.2, -0.15) is 0 Å². The quantitative estimate of drug-likeness (QED) is 0.632. The highest BCUT2D eigenvalue weighted by Crippen LogP contribution is 2.45. The number of halogens is 2. The van der Waals surface area contributed by atoms with Gasteiger partial charge in [-0.3, -0.25) is 0 Å². The van der Waals surface area contributed by atoms with Crippen LogP contribution in [0, 0.1) is 6.92 Å². The summed E-state index contributed by atoms with van der Waals surface area (Å²) in [6.45, 7) is 6.21. The van der Waals surface area contributed by atoms with Crippen LogP contribution in [0.2, 0.25) is 5.02 Å². The van der Waals surface area contributed by atoms with Gasteiger partial charge in [0.2, 0.25) is 0 Å². The molecule has 0 bridgehead atoms. The third-order valence-electron chi connectivity index (χ3n) is 2.69. The van der Waals surface area contributed by atoms with Gasteiger partial charge >= 0.3 is 0 Å². The van der Waals surface area contributed by atoms with Crippen molar-refractivity contribution in [2.24, 2.45) is 0 Å². The van der Waals surface area contributed by atoms with Crippen LogP contribution in [0.25, 0.3) is 0 Å². The molecule has 1 aliphatic heterocycles. The second-order valence-electron chi connectivity index (χ2n) is 4.67. The van der Waals surface area contributed by atoms with Crippen molar-refractivity contribution in [2.75, 3.05) is 0 Å². The lowest BCUT2D eigenvalue weighted by Gasteiger charge is -2.35. The molecule has 15 heavy (non-hydrogen) atoms. The molecular formula is C12H14BrClO. The molecule has 1 aliphatic rings. The van der Waals surface area contributed by atoms with Crippen LogP contribution in [0.1, 0.15) is 36.2 Å². The number of rotatable bonds is 0. The number of benzene rings is 1. The maximum Gasteiger partial charge on any atom is 0.124 e. The van der Waals surface area contributed by atoms with Gasteiger partial charge < -0.3 is 4.74 Å². The summed E-state index contributed by atoms with van der Waals surface area (Å²) in [6.07, 6.45) is 0.958. The van der Waals surface area contributed by atoms with E-state index in [-0.39, 0.29) is 5.60 Å². The van der Waals surface area contributed by atoms with Crippen molar-refractivity contribution < 1.29 is 4.74 Å². The molecule has 1 unspecified atom stereocenters. The maximum atomic E-state index is 6.11. The highest BCUT2D eigenvalue weighted by Gasteiger charge is 2.32. The number of aryl methyl sites for hydroxylation is 1. The van der Waals surface area contributed by atoms with Gasteiger partial charge in [0, 0.05) is 21.8 Å². The van der Waals surface area contributed by atoms with E-state index in [0.29, 0.717) is 4.83 Å². The van der Waals surface area contributed by atoms with E-state index in [2.05, 4.69) is 29.8 Å². The largest absolute Gasteiger partial charge is 0.487 e. The highest BCUT2D eigenvalue weighted by molar-refractivity contribution is 9.09. The van der Waals surface area contributed by atoms with Crippen LogP contribution < -0.4 is 4.74 Å². The lowest BCUT2D eigenvalue weighted by Crippen LogP contribution is -2.33. The summed E-state index contributed by atoms with van der Waals surface area (Å²) in [5.41, 5.74) is 2.11. The molecule has 0 saturated heterocycles. The molecule has 82 valence electrons. The zero-order valence-corrected chi connectivity index (χ0v) is 11.4. The molecule has 0 aromatic heterocycles. The minimum atomic E-state index is -0.110. The highest BCUT2D eigenvalue weighted by atomic mass is 79.9. The molecular weight excluding hydrogens is 275 g/mol. The van der Waals surface area contributed by atoms with Crippen molar-refractivity contribution in [2.45, 2.75) is 37.6 Å². The van der Waals surface area contributed by atoms with E-state index < -0.39 is 0 Å². The van der Waals surface area contributed by atoms with Crippen LogP contribution in [0.15, 0.2) is 12.1 Å². The summed E-state index contributed by atoms with van der Waals surface area (Å²) in [5.74, 6) is 0.954. The predicted octanol–water partition coefficient (Wildman–Crippen LogP) is 4.65. The summed E-state index contributed by atoms with van der Waals surface area (Å²) in [6, 6.07) is 4.02. The first-order valence-electron chi connectivity index (χ1n) is 5.02. The van der Waals surface area contributed by atoms with Crippen LogP contribution in [0.3, 0.4) is 0 Å². The summed E-state index contributed by atoms with van der Waals surface area (Å²) >= 11 is 9.79. The summed E-state index contributed by atoms with van der Waals surface area (Å²) < 4.78 is 5.94. The Balaban J connectivity index is 2.51. The number of alkyl halides is 1. The van der Waals surface area contributed by atoms with Crippen molar-refractivity contribution in [3.8, 4) is 5.75 Å². The van der Waals surface area contributed by atoms with Crippen molar-refractivity contribution >= 4 is 27.5 Å². The Kier molecular flexibility index (Phi) is 2.76. The van der Waals surface area contributed by atoms with E-state index in [1.807, 2.05) is 19.1 Å². The monoisotopic (exact) mass is 288 g/mol. The minimum Gasteiger partial charge on any atom is -0.487 e. The molecule has 0 aliphatic carbocycles. The van der Waals surface area contributed by atoms with Gasteiger partial charge in [-0.1, -0.05) is 27.5 Å². The van der Waals surface area contributed by atoms with Gasteiger partial charge in [-0.15, -0.1) is 0 Å². The third kappa shape index (κ3) is 2.16. The number of hydrogen-bond donors (Lipinski definition) is 0. The Labute approximate surface area is 104 Å². The lowest BCUT2D eigenvalue weighted by molar-refractivity contribution is 0.0841. The van der Waals surface area contributed by atoms with Gasteiger partial charge in [-0.25, -0.2) is 0 Å². The molecule has 0 spiro atoms. The molecule has 1 heterocycles. The molecule has 0 radical (unpaired) electrons. The van der Waals surface area contributed by atoms with Crippen LogP contribution in [-0.2, 0) is 0 Å². The summed E-state index contributed by atoms with van der Waals surface area (Å²) in [5, 5.41) is 0.807. The molecule has 0 N–H and O–H groups in total. The fraction of sp³-hybridized carbons (Fsp3) is 0.500. The Hall–Kier alpha value is -0.210. The minimum absolute atomic E-state index is 0.110. The van der Waals surface area contributed by atoms with Crippen molar-refractivity contribution in [3.05, 3.63) is 28.3 Å².